The highest BCUT2D eigenvalue weighted by molar-refractivity contribution is 5.77. The molecule has 1 heterocycles. The Kier molecular flexibility index (Phi) is 2.79. The second-order valence-electron chi connectivity index (χ2n) is 4.16. The standard InChI is InChI=1S/C13H14O3/c1-8(2)9-3-4-12-11(5-9)13(15)10(6-14)7-16-12/h3-5,7-8,14H,6H2,1-2H3. The smallest absolute Gasteiger partial charge is 0.198 e. The van der Waals surface area contributed by atoms with E-state index in [9.17, 15) is 4.79 Å². The third-order valence-corrected chi connectivity index (χ3v) is 2.71. The van der Waals surface area contributed by atoms with Gasteiger partial charge in [0.05, 0.1) is 17.6 Å². The Morgan fingerprint density at radius 3 is 2.75 bits per heavy atom. The molecule has 0 amide bonds. The number of fused-ring (bicyclic) bond motifs is 1. The molecule has 1 aromatic heterocycles. The number of hydrogen-bond donors (Lipinski definition) is 1. The molecule has 0 aliphatic carbocycles. The molecule has 0 radical (unpaired) electrons. The summed E-state index contributed by atoms with van der Waals surface area (Å²) >= 11 is 0. The Balaban J connectivity index is 2.75. The molecule has 0 aliphatic rings. The van der Waals surface area contributed by atoms with Gasteiger partial charge in [-0.1, -0.05) is 19.9 Å². The van der Waals surface area contributed by atoms with E-state index in [1.165, 1.54) is 6.26 Å². The van der Waals surface area contributed by atoms with Crippen LogP contribution in [0.2, 0.25) is 0 Å². The van der Waals surface area contributed by atoms with Crippen LogP contribution in [0.3, 0.4) is 0 Å². The second-order valence-corrected chi connectivity index (χ2v) is 4.16. The van der Waals surface area contributed by atoms with E-state index >= 15 is 0 Å². The molecule has 0 aliphatic heterocycles. The molecule has 0 bridgehead atoms. The lowest BCUT2D eigenvalue weighted by Gasteiger charge is -2.06. The summed E-state index contributed by atoms with van der Waals surface area (Å²) in [5, 5.41) is 9.54. The van der Waals surface area contributed by atoms with E-state index in [1.54, 1.807) is 6.07 Å². The Hall–Kier alpha value is -1.61. The van der Waals surface area contributed by atoms with Gasteiger partial charge in [-0.3, -0.25) is 4.79 Å². The second kappa shape index (κ2) is 4.10. The van der Waals surface area contributed by atoms with Crippen LogP contribution >= 0.6 is 0 Å². The number of benzene rings is 1. The SMILES string of the molecule is CC(C)c1ccc2occ(CO)c(=O)c2c1. The first-order chi connectivity index (χ1) is 7.63. The van der Waals surface area contributed by atoms with Gasteiger partial charge in [-0.05, 0) is 23.6 Å². The molecule has 0 saturated carbocycles. The normalized spacial score (nSPS) is 11.2. The van der Waals surface area contributed by atoms with Crippen molar-refractivity contribution in [2.75, 3.05) is 0 Å². The topological polar surface area (TPSA) is 50.4 Å². The summed E-state index contributed by atoms with van der Waals surface area (Å²) in [5.74, 6) is 0.363. The van der Waals surface area contributed by atoms with Gasteiger partial charge < -0.3 is 9.52 Å². The van der Waals surface area contributed by atoms with Crippen LogP contribution in [0.1, 0.15) is 30.9 Å². The number of rotatable bonds is 2. The Labute approximate surface area is 93.3 Å². The third kappa shape index (κ3) is 1.74. The largest absolute Gasteiger partial charge is 0.464 e. The van der Waals surface area contributed by atoms with Crippen LogP contribution in [-0.2, 0) is 6.61 Å². The fraction of sp³-hybridized carbons (Fsp3) is 0.308. The summed E-state index contributed by atoms with van der Waals surface area (Å²) in [6.07, 6.45) is 1.32. The van der Waals surface area contributed by atoms with E-state index in [1.807, 2.05) is 12.1 Å². The van der Waals surface area contributed by atoms with E-state index in [0.29, 0.717) is 22.5 Å². The van der Waals surface area contributed by atoms with Gasteiger partial charge in [-0.15, -0.1) is 0 Å². The quantitative estimate of drug-likeness (QED) is 0.842. The van der Waals surface area contributed by atoms with Crippen LogP contribution in [0, 0.1) is 0 Å². The molecule has 2 rings (SSSR count). The van der Waals surface area contributed by atoms with Crippen molar-refractivity contribution in [3.05, 3.63) is 45.8 Å². The first kappa shape index (κ1) is 10.9. The van der Waals surface area contributed by atoms with Gasteiger partial charge in [0.1, 0.15) is 11.8 Å². The summed E-state index contributed by atoms with van der Waals surface area (Å²) in [6, 6.07) is 5.59. The van der Waals surface area contributed by atoms with Crippen LogP contribution in [-0.4, -0.2) is 5.11 Å². The molecule has 1 aromatic carbocycles. The number of hydrogen-bond acceptors (Lipinski definition) is 3. The van der Waals surface area contributed by atoms with E-state index in [4.69, 9.17) is 9.52 Å². The van der Waals surface area contributed by atoms with E-state index in [0.717, 1.165) is 5.56 Å². The van der Waals surface area contributed by atoms with Crippen molar-refractivity contribution in [2.24, 2.45) is 0 Å². The van der Waals surface area contributed by atoms with E-state index < -0.39 is 0 Å². The highest BCUT2D eigenvalue weighted by atomic mass is 16.3. The molecule has 16 heavy (non-hydrogen) atoms. The van der Waals surface area contributed by atoms with Crippen molar-refractivity contribution in [1.82, 2.24) is 0 Å². The summed E-state index contributed by atoms with van der Waals surface area (Å²) in [4.78, 5) is 11.9. The van der Waals surface area contributed by atoms with Crippen LogP contribution in [0.25, 0.3) is 11.0 Å². The van der Waals surface area contributed by atoms with E-state index in [2.05, 4.69) is 13.8 Å². The molecular formula is C13H14O3. The monoisotopic (exact) mass is 218 g/mol. The maximum absolute atomic E-state index is 11.9. The van der Waals surface area contributed by atoms with Crippen molar-refractivity contribution in [1.29, 1.82) is 0 Å². The van der Waals surface area contributed by atoms with Crippen LogP contribution < -0.4 is 5.43 Å². The average Bonchev–Trinajstić information content (AvgIpc) is 2.29. The molecule has 1 N–H and O–H groups in total. The molecule has 3 heteroatoms. The number of aliphatic hydroxyl groups excluding tert-OH is 1. The third-order valence-electron chi connectivity index (χ3n) is 2.71. The lowest BCUT2D eigenvalue weighted by Crippen LogP contribution is -2.08. The molecule has 0 saturated heterocycles. The predicted molar refractivity (Wildman–Crippen MR) is 62.5 cm³/mol. The highest BCUT2D eigenvalue weighted by Gasteiger charge is 2.08. The molecular weight excluding hydrogens is 204 g/mol. The van der Waals surface area contributed by atoms with Crippen LogP contribution in [0.5, 0.6) is 0 Å². The molecule has 0 atom stereocenters. The van der Waals surface area contributed by atoms with Gasteiger partial charge in [-0.25, -0.2) is 0 Å². The van der Waals surface area contributed by atoms with Crippen molar-refractivity contribution in [3.8, 4) is 0 Å². The molecule has 0 unspecified atom stereocenters. The van der Waals surface area contributed by atoms with Gasteiger partial charge in [0.2, 0.25) is 0 Å². The molecule has 0 fully saturated rings. The molecule has 0 spiro atoms. The van der Waals surface area contributed by atoms with Crippen LogP contribution in [0.4, 0.5) is 0 Å². The minimum absolute atomic E-state index is 0.147. The zero-order chi connectivity index (χ0) is 11.7. The van der Waals surface area contributed by atoms with Gasteiger partial charge in [0, 0.05) is 0 Å². The first-order valence-electron chi connectivity index (χ1n) is 5.28. The summed E-state index contributed by atoms with van der Waals surface area (Å²) < 4.78 is 5.29. The van der Waals surface area contributed by atoms with Gasteiger partial charge in [0.25, 0.3) is 0 Å². The minimum atomic E-state index is -0.288. The minimum Gasteiger partial charge on any atom is -0.464 e. The molecule has 3 nitrogen and oxygen atoms in total. The first-order valence-corrected chi connectivity index (χ1v) is 5.28. The average molecular weight is 218 g/mol. The fourth-order valence-corrected chi connectivity index (χ4v) is 1.66. The Morgan fingerprint density at radius 2 is 2.12 bits per heavy atom. The lowest BCUT2D eigenvalue weighted by molar-refractivity contribution is 0.277. The fourth-order valence-electron chi connectivity index (χ4n) is 1.66. The van der Waals surface area contributed by atoms with Crippen molar-refractivity contribution in [2.45, 2.75) is 26.4 Å². The Morgan fingerprint density at radius 1 is 1.38 bits per heavy atom. The molecule has 2 aromatic rings. The van der Waals surface area contributed by atoms with Gasteiger partial charge in [0.15, 0.2) is 5.43 Å². The zero-order valence-corrected chi connectivity index (χ0v) is 9.36. The summed E-state index contributed by atoms with van der Waals surface area (Å²) in [6.45, 7) is 3.85. The number of aliphatic hydroxyl groups is 1. The zero-order valence-electron chi connectivity index (χ0n) is 9.36. The maximum atomic E-state index is 11.9. The van der Waals surface area contributed by atoms with Gasteiger partial charge in [-0.2, -0.15) is 0 Å². The van der Waals surface area contributed by atoms with E-state index in [-0.39, 0.29) is 12.0 Å². The van der Waals surface area contributed by atoms with Crippen molar-refractivity contribution < 1.29 is 9.52 Å². The molecule has 84 valence electrons. The summed E-state index contributed by atoms with van der Waals surface area (Å²) in [7, 11) is 0. The van der Waals surface area contributed by atoms with Crippen molar-refractivity contribution >= 4 is 11.0 Å². The lowest BCUT2D eigenvalue weighted by atomic mass is 10.0. The Bertz CT molecular complexity index is 567. The van der Waals surface area contributed by atoms with Crippen molar-refractivity contribution in [3.63, 3.8) is 0 Å². The maximum Gasteiger partial charge on any atom is 0.198 e. The highest BCUT2D eigenvalue weighted by Crippen LogP contribution is 2.19. The van der Waals surface area contributed by atoms with Gasteiger partial charge >= 0.3 is 0 Å². The summed E-state index contributed by atoms with van der Waals surface area (Å²) in [5.41, 5.74) is 1.81. The van der Waals surface area contributed by atoms with Crippen LogP contribution in [0.15, 0.2) is 33.7 Å². The predicted octanol–water partition coefficient (Wildman–Crippen LogP) is 2.41.